The molecule has 0 aliphatic heterocycles. The van der Waals surface area contributed by atoms with Gasteiger partial charge in [0.25, 0.3) is 5.69 Å². The van der Waals surface area contributed by atoms with Crippen molar-refractivity contribution in [2.75, 3.05) is 0 Å². The zero-order valence-corrected chi connectivity index (χ0v) is 11.3. The summed E-state index contributed by atoms with van der Waals surface area (Å²) in [6.45, 7) is 1.35. The number of rotatable bonds is 5. The van der Waals surface area contributed by atoms with Crippen molar-refractivity contribution in [3.8, 4) is 11.5 Å². The predicted octanol–water partition coefficient (Wildman–Crippen LogP) is 3.08. The maximum Gasteiger partial charge on any atom is 0.276 e. The molecule has 0 bridgehead atoms. The molecule has 0 atom stereocenters. The van der Waals surface area contributed by atoms with Crippen LogP contribution in [-0.4, -0.2) is 15.8 Å². The van der Waals surface area contributed by atoms with Crippen LogP contribution in [0.25, 0.3) is 0 Å². The number of nitro benzene ring substituents is 1. The Morgan fingerprint density at radius 3 is 2.67 bits per heavy atom. The third-order valence-electron chi connectivity index (χ3n) is 2.88. The lowest BCUT2D eigenvalue weighted by Crippen LogP contribution is -2.01. The number of hydrogen-bond acceptors (Lipinski definition) is 5. The van der Waals surface area contributed by atoms with E-state index in [0.717, 1.165) is 0 Å². The van der Waals surface area contributed by atoms with E-state index in [1.54, 1.807) is 18.2 Å². The van der Waals surface area contributed by atoms with Crippen molar-refractivity contribution in [1.29, 1.82) is 0 Å². The van der Waals surface area contributed by atoms with E-state index in [1.165, 1.54) is 31.2 Å². The third-order valence-corrected chi connectivity index (χ3v) is 2.88. The Morgan fingerprint density at radius 2 is 2.00 bits per heavy atom. The van der Waals surface area contributed by atoms with Crippen molar-refractivity contribution in [1.82, 2.24) is 0 Å². The molecule has 21 heavy (non-hydrogen) atoms. The Labute approximate surface area is 120 Å². The minimum atomic E-state index is -0.484. The highest BCUT2D eigenvalue weighted by Crippen LogP contribution is 2.25. The van der Waals surface area contributed by atoms with Gasteiger partial charge in [0.2, 0.25) is 0 Å². The number of phenolic OH excluding ortho intramolecular Hbond substituents is 1. The largest absolute Gasteiger partial charge is 0.508 e. The van der Waals surface area contributed by atoms with Crippen LogP contribution < -0.4 is 4.74 Å². The number of nitrogens with zero attached hydrogens (tertiary/aromatic N) is 1. The third kappa shape index (κ3) is 3.56. The lowest BCUT2D eigenvalue weighted by atomic mass is 10.1. The highest BCUT2D eigenvalue weighted by atomic mass is 16.6. The first kappa shape index (κ1) is 14.5. The molecule has 2 aromatic carbocycles. The molecule has 108 valence electrons. The Hall–Kier alpha value is -2.89. The van der Waals surface area contributed by atoms with E-state index in [-0.39, 0.29) is 29.6 Å². The second-order valence-electron chi connectivity index (χ2n) is 4.45. The summed E-state index contributed by atoms with van der Waals surface area (Å²) in [6.07, 6.45) is 0. The van der Waals surface area contributed by atoms with E-state index in [4.69, 9.17) is 4.74 Å². The first-order chi connectivity index (χ1) is 9.97. The first-order valence-corrected chi connectivity index (χ1v) is 6.17. The number of benzene rings is 2. The Bertz CT molecular complexity index is 696. The normalized spacial score (nSPS) is 10.1. The monoisotopic (exact) mass is 287 g/mol. The van der Waals surface area contributed by atoms with Crippen LogP contribution in [0.4, 0.5) is 5.69 Å². The van der Waals surface area contributed by atoms with E-state index in [2.05, 4.69) is 0 Å². The van der Waals surface area contributed by atoms with Crippen LogP contribution in [-0.2, 0) is 6.61 Å². The van der Waals surface area contributed by atoms with Crippen molar-refractivity contribution < 1.29 is 19.6 Å². The van der Waals surface area contributed by atoms with Gasteiger partial charge in [-0.1, -0.05) is 12.1 Å². The first-order valence-electron chi connectivity index (χ1n) is 6.17. The number of phenols is 1. The maximum atomic E-state index is 11.3. The molecule has 0 aromatic heterocycles. The van der Waals surface area contributed by atoms with Crippen molar-refractivity contribution >= 4 is 11.5 Å². The second-order valence-corrected chi connectivity index (χ2v) is 4.45. The molecule has 6 heteroatoms. The zero-order valence-electron chi connectivity index (χ0n) is 11.3. The molecule has 0 amide bonds. The molecular weight excluding hydrogens is 274 g/mol. The quantitative estimate of drug-likeness (QED) is 0.518. The molecular formula is C15H13NO5. The molecule has 0 radical (unpaired) electrons. The number of aromatic hydroxyl groups is 1. The van der Waals surface area contributed by atoms with Gasteiger partial charge in [0.1, 0.15) is 18.1 Å². The summed E-state index contributed by atoms with van der Waals surface area (Å²) in [5, 5.41) is 20.4. The fourth-order valence-electron chi connectivity index (χ4n) is 1.84. The van der Waals surface area contributed by atoms with Crippen LogP contribution in [0.15, 0.2) is 42.5 Å². The van der Waals surface area contributed by atoms with E-state index in [0.29, 0.717) is 11.1 Å². The highest BCUT2D eigenvalue weighted by Gasteiger charge is 2.13. The van der Waals surface area contributed by atoms with Crippen LogP contribution in [0.5, 0.6) is 11.5 Å². The van der Waals surface area contributed by atoms with Gasteiger partial charge in [-0.3, -0.25) is 14.9 Å². The van der Waals surface area contributed by atoms with E-state index < -0.39 is 4.92 Å². The number of hydrogen-bond donors (Lipinski definition) is 1. The average molecular weight is 287 g/mol. The van der Waals surface area contributed by atoms with Crippen LogP contribution >= 0.6 is 0 Å². The summed E-state index contributed by atoms with van der Waals surface area (Å²) in [6, 6.07) is 10.4. The number of ketones is 1. The number of ether oxygens (including phenoxy) is 1. The fraction of sp³-hybridized carbons (Fsp3) is 0.133. The SMILES string of the molecule is CC(=O)c1cc(O)cc(OCc2ccccc2[N+](=O)[O-])c1. The van der Waals surface area contributed by atoms with Crippen molar-refractivity contribution in [2.24, 2.45) is 0 Å². The number of nitro groups is 1. The molecule has 0 unspecified atom stereocenters. The maximum absolute atomic E-state index is 11.3. The lowest BCUT2D eigenvalue weighted by Gasteiger charge is -2.08. The van der Waals surface area contributed by atoms with Gasteiger partial charge >= 0.3 is 0 Å². The summed E-state index contributed by atoms with van der Waals surface area (Å²) < 4.78 is 5.44. The number of carbonyl (C=O) groups excluding carboxylic acids is 1. The Kier molecular flexibility index (Phi) is 4.18. The molecule has 1 N–H and O–H groups in total. The van der Waals surface area contributed by atoms with Crippen LogP contribution in [0.2, 0.25) is 0 Å². The summed E-state index contributed by atoms with van der Waals surface area (Å²) in [5.74, 6) is -0.0277. The van der Waals surface area contributed by atoms with Gasteiger partial charge in [-0.15, -0.1) is 0 Å². The smallest absolute Gasteiger partial charge is 0.276 e. The van der Waals surface area contributed by atoms with Gasteiger partial charge in [0, 0.05) is 17.7 Å². The highest BCUT2D eigenvalue weighted by molar-refractivity contribution is 5.94. The molecule has 0 spiro atoms. The minimum absolute atomic E-state index is 0.0298. The summed E-state index contributed by atoms with van der Waals surface area (Å²) in [5.41, 5.74) is 0.687. The molecule has 0 heterocycles. The zero-order chi connectivity index (χ0) is 15.4. The molecule has 0 saturated carbocycles. The van der Waals surface area contributed by atoms with E-state index in [1.807, 2.05) is 0 Å². The molecule has 0 saturated heterocycles. The van der Waals surface area contributed by atoms with Crippen molar-refractivity contribution in [3.05, 3.63) is 63.7 Å². The van der Waals surface area contributed by atoms with E-state index in [9.17, 15) is 20.0 Å². The van der Waals surface area contributed by atoms with Gasteiger partial charge in [0.15, 0.2) is 5.78 Å². The number of carbonyl (C=O) groups is 1. The molecule has 0 aliphatic rings. The molecule has 0 aliphatic carbocycles. The number of para-hydroxylation sites is 1. The molecule has 6 nitrogen and oxygen atoms in total. The van der Waals surface area contributed by atoms with Crippen LogP contribution in [0.1, 0.15) is 22.8 Å². The van der Waals surface area contributed by atoms with Crippen molar-refractivity contribution in [3.63, 3.8) is 0 Å². The van der Waals surface area contributed by atoms with Crippen LogP contribution in [0.3, 0.4) is 0 Å². The van der Waals surface area contributed by atoms with Gasteiger partial charge in [0.05, 0.1) is 10.5 Å². The molecule has 2 aromatic rings. The second kappa shape index (κ2) is 6.04. The summed E-state index contributed by atoms with van der Waals surface area (Å²) in [4.78, 5) is 21.7. The van der Waals surface area contributed by atoms with Gasteiger partial charge in [-0.25, -0.2) is 0 Å². The average Bonchev–Trinajstić information content (AvgIpc) is 2.44. The summed E-state index contributed by atoms with van der Waals surface area (Å²) in [7, 11) is 0. The molecule has 2 rings (SSSR count). The number of Topliss-reactive ketones (excluding diaryl/α,β-unsaturated/α-hetero) is 1. The predicted molar refractivity (Wildman–Crippen MR) is 75.5 cm³/mol. The van der Waals surface area contributed by atoms with E-state index >= 15 is 0 Å². The van der Waals surface area contributed by atoms with Crippen molar-refractivity contribution in [2.45, 2.75) is 13.5 Å². The standard InChI is InChI=1S/C15H13NO5/c1-10(17)12-6-13(18)8-14(7-12)21-9-11-4-2-3-5-15(11)16(19)20/h2-8,18H,9H2,1H3. The fourth-order valence-corrected chi connectivity index (χ4v) is 1.84. The van der Waals surface area contributed by atoms with Crippen LogP contribution in [0, 0.1) is 10.1 Å². The minimum Gasteiger partial charge on any atom is -0.508 e. The van der Waals surface area contributed by atoms with Gasteiger partial charge < -0.3 is 9.84 Å². The van der Waals surface area contributed by atoms with Gasteiger partial charge in [-0.2, -0.15) is 0 Å². The topological polar surface area (TPSA) is 89.7 Å². The Morgan fingerprint density at radius 1 is 1.29 bits per heavy atom. The lowest BCUT2D eigenvalue weighted by molar-refractivity contribution is -0.385. The summed E-state index contributed by atoms with van der Waals surface area (Å²) >= 11 is 0. The Balaban J connectivity index is 2.21. The molecule has 0 fully saturated rings. The van der Waals surface area contributed by atoms with Gasteiger partial charge in [-0.05, 0) is 25.1 Å².